The molecule has 87 heavy (non-hydrogen) atoms. The molecule has 0 radical (unpaired) electrons. The summed E-state index contributed by atoms with van der Waals surface area (Å²) in [6.07, 6.45) is -8.16. The second-order valence-electron chi connectivity index (χ2n) is 22.1. The average Bonchev–Trinajstić information content (AvgIpc) is 1.93. The summed E-state index contributed by atoms with van der Waals surface area (Å²) in [6, 6.07) is 5.37. The lowest BCUT2D eigenvalue weighted by atomic mass is 9.98. The SMILES string of the molecule is COCCCCCCCOc1ccc(-c2nnc(-c3ccc(C(=O)N[C@H]4CC(O)CNC(=O)C5C(O)C(C)CN5C(=O)C(C(O)CC(N)=O)NC(=O)C(C(O)Cc5ccc(O)c(O)c5)NC(=O)C5CC(O)CN5C(=O)C(C(C)O)NC4=O)cc3)s2)cc1. The van der Waals surface area contributed by atoms with Gasteiger partial charge in [-0.05, 0) is 73.9 Å². The Morgan fingerprint density at radius 3 is 1.95 bits per heavy atom. The maximum atomic E-state index is 14.6. The van der Waals surface area contributed by atoms with Crippen LogP contribution in [0.4, 0.5) is 0 Å². The number of ether oxygens (including phenoxy) is 2. The van der Waals surface area contributed by atoms with E-state index in [0.29, 0.717) is 22.2 Å². The highest BCUT2D eigenvalue weighted by Crippen LogP contribution is 2.32. The van der Waals surface area contributed by atoms with Crippen molar-refractivity contribution in [2.75, 3.05) is 40.0 Å². The Hall–Kier alpha value is -7.90. The van der Waals surface area contributed by atoms with Crippen LogP contribution in [-0.4, -0.2) is 221 Å². The molecule has 3 saturated heterocycles. The molecule has 13 atom stereocenters. The number of fused-ring (bicyclic) bond motifs is 2. The van der Waals surface area contributed by atoms with Gasteiger partial charge in [-0.1, -0.05) is 55.7 Å². The molecule has 28 nitrogen and oxygen atoms in total. The fraction of sp³-hybridized carbons (Fsp3) is 0.517. The van der Waals surface area contributed by atoms with Crippen LogP contribution in [0.5, 0.6) is 17.2 Å². The van der Waals surface area contributed by atoms with E-state index in [4.69, 9.17) is 15.2 Å². The predicted molar refractivity (Wildman–Crippen MR) is 310 cm³/mol. The molecule has 3 aliphatic heterocycles. The highest BCUT2D eigenvalue weighted by molar-refractivity contribution is 7.17. The minimum atomic E-state index is -2.19. The molecule has 0 aliphatic carbocycles. The Balaban J connectivity index is 1.14. The van der Waals surface area contributed by atoms with Crippen molar-refractivity contribution in [2.24, 2.45) is 11.7 Å². The largest absolute Gasteiger partial charge is 0.504 e. The number of unbranched alkanes of at least 4 members (excludes halogenated alkanes) is 4. The van der Waals surface area contributed by atoms with Gasteiger partial charge in [0, 0.05) is 75.2 Å². The first-order valence-corrected chi connectivity index (χ1v) is 29.4. The average molecular weight is 1230 g/mol. The molecule has 1 aromatic heterocycles. The third kappa shape index (κ3) is 17.4. The third-order valence-corrected chi connectivity index (χ3v) is 16.3. The Labute approximate surface area is 504 Å². The number of rotatable bonds is 20. The van der Waals surface area contributed by atoms with Crippen molar-refractivity contribution in [1.82, 2.24) is 46.6 Å². The van der Waals surface area contributed by atoms with E-state index < -0.39 is 176 Å². The van der Waals surface area contributed by atoms with Crippen LogP contribution in [0.15, 0.2) is 66.7 Å². The van der Waals surface area contributed by atoms with Gasteiger partial charge in [-0.25, -0.2) is 0 Å². The number of benzene rings is 3. The number of carbonyl (C=O) groups is 8. The monoisotopic (exact) mass is 1230 g/mol. The van der Waals surface area contributed by atoms with Crippen LogP contribution >= 0.6 is 11.3 Å². The van der Waals surface area contributed by atoms with Crippen molar-refractivity contribution in [1.29, 1.82) is 0 Å². The Morgan fingerprint density at radius 2 is 1.32 bits per heavy atom. The van der Waals surface area contributed by atoms with Crippen LogP contribution in [0.1, 0.15) is 81.1 Å². The number of aromatic nitrogens is 2. The number of amides is 8. The van der Waals surface area contributed by atoms with Gasteiger partial charge in [0.15, 0.2) is 11.5 Å². The molecule has 12 unspecified atom stereocenters. The van der Waals surface area contributed by atoms with E-state index in [1.54, 1.807) is 19.2 Å². The van der Waals surface area contributed by atoms with Crippen molar-refractivity contribution in [3.05, 3.63) is 77.9 Å². The van der Waals surface area contributed by atoms with Crippen molar-refractivity contribution in [3.63, 3.8) is 0 Å². The molecular formula is C58H76N10O18S. The van der Waals surface area contributed by atoms with E-state index in [0.717, 1.165) is 78.9 Å². The molecule has 15 N–H and O–H groups in total. The predicted octanol–water partition coefficient (Wildman–Crippen LogP) is -1.92. The Bertz CT molecular complexity index is 3060. The third-order valence-electron chi connectivity index (χ3n) is 15.3. The highest BCUT2D eigenvalue weighted by Gasteiger charge is 2.50. The number of carbonyl (C=O) groups excluding carboxylic acids is 8. The summed E-state index contributed by atoms with van der Waals surface area (Å²) in [6.45, 7) is 2.27. The molecule has 8 amide bonds. The zero-order valence-corrected chi connectivity index (χ0v) is 49.0. The van der Waals surface area contributed by atoms with Crippen LogP contribution in [-0.2, 0) is 44.7 Å². The van der Waals surface area contributed by atoms with Crippen molar-refractivity contribution in [3.8, 4) is 38.4 Å². The summed E-state index contributed by atoms with van der Waals surface area (Å²) in [5, 5.41) is 110. The molecule has 0 bridgehead atoms. The van der Waals surface area contributed by atoms with Gasteiger partial charge < -0.3 is 92.4 Å². The zero-order chi connectivity index (χ0) is 63.2. The van der Waals surface area contributed by atoms with E-state index in [1.807, 2.05) is 24.3 Å². The molecule has 0 saturated carbocycles. The number of nitrogens with zero attached hydrogens (tertiary/aromatic N) is 4. The highest BCUT2D eigenvalue weighted by atomic mass is 32.1. The summed E-state index contributed by atoms with van der Waals surface area (Å²) < 4.78 is 11.0. The maximum Gasteiger partial charge on any atom is 0.251 e. The van der Waals surface area contributed by atoms with Crippen molar-refractivity contribution >= 4 is 58.6 Å². The van der Waals surface area contributed by atoms with E-state index in [-0.39, 0.29) is 17.7 Å². The lowest BCUT2D eigenvalue weighted by Gasteiger charge is -2.33. The van der Waals surface area contributed by atoms with Gasteiger partial charge in [0.25, 0.3) is 5.91 Å². The molecule has 7 rings (SSSR count). The smallest absolute Gasteiger partial charge is 0.251 e. The summed E-state index contributed by atoms with van der Waals surface area (Å²) in [4.78, 5) is 114. The van der Waals surface area contributed by atoms with Crippen LogP contribution in [0.3, 0.4) is 0 Å². The van der Waals surface area contributed by atoms with Crippen molar-refractivity contribution < 1.29 is 88.7 Å². The van der Waals surface area contributed by atoms with Crippen LogP contribution in [0, 0.1) is 5.92 Å². The first-order valence-electron chi connectivity index (χ1n) is 28.6. The molecule has 3 aromatic carbocycles. The molecule has 3 fully saturated rings. The van der Waals surface area contributed by atoms with Gasteiger partial charge >= 0.3 is 0 Å². The number of aromatic hydroxyl groups is 2. The Kier molecular flexibility index (Phi) is 23.5. The molecular weight excluding hydrogens is 1160 g/mol. The fourth-order valence-corrected chi connectivity index (χ4v) is 11.4. The van der Waals surface area contributed by atoms with E-state index in [2.05, 4.69) is 36.8 Å². The minimum absolute atomic E-state index is 0.0112. The van der Waals surface area contributed by atoms with Gasteiger partial charge in [-0.3, -0.25) is 38.4 Å². The molecule has 0 spiro atoms. The molecule has 3 aliphatic rings. The van der Waals surface area contributed by atoms with E-state index in [9.17, 15) is 79.2 Å². The zero-order valence-electron chi connectivity index (χ0n) is 48.2. The summed E-state index contributed by atoms with van der Waals surface area (Å²) in [5.74, 6) is -10.6. The fourth-order valence-electron chi connectivity index (χ4n) is 10.5. The molecule has 472 valence electrons. The van der Waals surface area contributed by atoms with Gasteiger partial charge in [-0.2, -0.15) is 0 Å². The first kappa shape index (κ1) is 66.6. The number of hydrogen-bond donors (Lipinski definition) is 14. The van der Waals surface area contributed by atoms with Gasteiger partial charge in [-0.15, -0.1) is 10.2 Å². The summed E-state index contributed by atoms with van der Waals surface area (Å²) in [7, 11) is 1.69. The summed E-state index contributed by atoms with van der Waals surface area (Å²) >= 11 is 1.29. The van der Waals surface area contributed by atoms with Crippen molar-refractivity contribution in [2.45, 2.75) is 145 Å². The number of methoxy groups -OCH3 is 1. The number of primary amides is 1. The van der Waals surface area contributed by atoms with Gasteiger partial charge in [0.1, 0.15) is 52.0 Å². The number of β-amino-alcohol motifs (C(OH)–C–C–N with tert-alkyl or cyclic N) is 1. The minimum Gasteiger partial charge on any atom is -0.504 e. The number of aliphatic hydroxyl groups is 6. The number of aliphatic hydroxyl groups excluding tert-OH is 6. The topological polar surface area (TPSA) is 435 Å². The number of phenolic OH excluding ortho intramolecular Hbond substituents is 2. The number of phenols is 2. The maximum absolute atomic E-state index is 14.6. The van der Waals surface area contributed by atoms with Crippen LogP contribution in [0.25, 0.3) is 21.1 Å². The normalized spacial score (nSPS) is 25.4. The van der Waals surface area contributed by atoms with E-state index >= 15 is 0 Å². The molecule has 29 heteroatoms. The molecule has 4 heterocycles. The molecule has 4 aromatic rings. The van der Waals surface area contributed by atoms with Crippen LogP contribution in [0.2, 0.25) is 0 Å². The quantitative estimate of drug-likeness (QED) is 0.0339. The van der Waals surface area contributed by atoms with Gasteiger partial charge in [0.05, 0.1) is 49.7 Å². The number of hydrogen-bond acceptors (Lipinski definition) is 21. The second kappa shape index (κ2) is 30.6. The van der Waals surface area contributed by atoms with Crippen LogP contribution < -0.4 is 37.1 Å². The first-order chi connectivity index (χ1) is 41.4. The number of nitrogens with two attached hydrogens (primary N) is 1. The van der Waals surface area contributed by atoms with Gasteiger partial charge in [0.2, 0.25) is 41.4 Å². The number of nitrogens with one attached hydrogen (secondary N) is 5. The Morgan fingerprint density at radius 1 is 0.713 bits per heavy atom. The lowest BCUT2D eigenvalue weighted by molar-refractivity contribution is -0.147. The standard InChI is InChI=1S/C58H76N10O18S/c1-29-27-68-48(49(29)77)54(82)60-26-35(70)23-38(61-50(78)32-10-12-33(13-11-32)55-65-66-56(87-55)34-14-16-37(17-15-34)86-20-8-6-4-5-7-19-85-3)51(79)62-45(30(2)69)57(83)67-28-36(71)24-39(67)52(80)63-46(42(74)22-31-9-18-40(72)41(73)21-31)53(81)64-47(58(68)84)43(75)25-44(59)76/h9-18,21,29-30,35-36,38-39,42-43,45-49,69-75,77H,4-8,19-20,22-28H2,1-3H3,(H2,59,76)(H,60,82)(H,61,78)(H,62,79)(H,63,80)(H,64,81)/t29?,30?,35?,36?,38-,39?,42?,43?,45?,46?,47?,48?,49?/m0/s1. The summed E-state index contributed by atoms with van der Waals surface area (Å²) in [5.41, 5.74) is 6.87. The lowest BCUT2D eigenvalue weighted by Crippen LogP contribution is -2.64. The van der Waals surface area contributed by atoms with E-state index in [1.165, 1.54) is 36.5 Å². The second-order valence-corrected chi connectivity index (χ2v) is 23.1.